The molecule has 1 unspecified atom stereocenters. The van der Waals surface area contributed by atoms with Crippen LogP contribution in [0.4, 0.5) is 4.39 Å². The molecule has 0 amide bonds. The summed E-state index contributed by atoms with van der Waals surface area (Å²) in [5, 5.41) is 2.31. The maximum Gasteiger partial charge on any atom is 0.261 e. The third-order valence-electron chi connectivity index (χ3n) is 4.50. The van der Waals surface area contributed by atoms with Crippen molar-refractivity contribution in [3.8, 4) is 0 Å². The summed E-state index contributed by atoms with van der Waals surface area (Å²) in [6, 6.07) is 20.8. The average molecular weight is 345 g/mol. The summed E-state index contributed by atoms with van der Waals surface area (Å²) in [5.41, 5.74) is 0. The third-order valence-corrected chi connectivity index (χ3v) is 9.50. The van der Waals surface area contributed by atoms with Crippen molar-refractivity contribution in [2.45, 2.75) is 51.7 Å². The number of rotatable bonds is 7. The molecule has 0 aromatic heterocycles. The highest BCUT2D eigenvalue weighted by atomic mass is 28.4. The van der Waals surface area contributed by atoms with Crippen molar-refractivity contribution in [1.29, 1.82) is 0 Å². The summed E-state index contributed by atoms with van der Waals surface area (Å²) in [6.45, 7) is 8.82. The molecule has 3 heteroatoms. The molecule has 0 aliphatic heterocycles. The summed E-state index contributed by atoms with van der Waals surface area (Å²) in [5.74, 6) is 0. The van der Waals surface area contributed by atoms with Gasteiger partial charge in [0, 0.05) is 0 Å². The van der Waals surface area contributed by atoms with Crippen molar-refractivity contribution >= 4 is 18.7 Å². The van der Waals surface area contributed by atoms with Gasteiger partial charge in [0.25, 0.3) is 8.32 Å². The topological polar surface area (TPSA) is 9.23 Å². The van der Waals surface area contributed by atoms with E-state index in [4.69, 9.17) is 4.43 Å². The molecule has 1 nitrogen and oxygen atoms in total. The van der Waals surface area contributed by atoms with Gasteiger partial charge in [-0.2, -0.15) is 0 Å². The molecule has 0 spiro atoms. The highest BCUT2D eigenvalue weighted by Gasteiger charge is 2.50. The summed E-state index contributed by atoms with van der Waals surface area (Å²) in [7, 11) is -2.58. The second-order valence-electron chi connectivity index (χ2n) is 7.36. The number of hydrogen-bond donors (Lipinski definition) is 0. The van der Waals surface area contributed by atoms with Gasteiger partial charge in [-0.05, 0) is 21.8 Å². The number of halogens is 1. The molecular weight excluding hydrogens is 315 g/mol. The van der Waals surface area contributed by atoms with E-state index in [-0.39, 0.29) is 11.6 Å². The standard InChI is InChI=1S/C21H29FOSi/c1-5-12-18(22)17-23-24(21(2,3)4,19-13-8-6-9-14-19)20-15-10-7-11-16-20/h6-11,13-16,18H,5,12,17H2,1-4H3. The fourth-order valence-electron chi connectivity index (χ4n) is 3.37. The van der Waals surface area contributed by atoms with Gasteiger partial charge < -0.3 is 4.43 Å². The maximum absolute atomic E-state index is 14.3. The molecule has 2 rings (SSSR count). The van der Waals surface area contributed by atoms with Gasteiger partial charge in [-0.25, -0.2) is 4.39 Å². The first-order chi connectivity index (χ1) is 11.4. The van der Waals surface area contributed by atoms with Crippen molar-refractivity contribution in [2.24, 2.45) is 0 Å². The molecular formula is C21H29FOSi. The van der Waals surface area contributed by atoms with E-state index in [0.29, 0.717) is 6.42 Å². The molecule has 2 aromatic carbocycles. The molecule has 0 N–H and O–H groups in total. The van der Waals surface area contributed by atoms with Crippen molar-refractivity contribution in [2.75, 3.05) is 6.61 Å². The Hall–Kier alpha value is -1.45. The molecule has 1 atom stereocenters. The summed E-state index contributed by atoms with van der Waals surface area (Å²) < 4.78 is 20.8. The Morgan fingerprint density at radius 3 is 1.75 bits per heavy atom. The van der Waals surface area contributed by atoms with E-state index in [1.165, 1.54) is 10.4 Å². The highest BCUT2D eigenvalue weighted by molar-refractivity contribution is 6.99. The molecule has 0 aliphatic carbocycles. The maximum atomic E-state index is 14.3. The second-order valence-corrected chi connectivity index (χ2v) is 11.7. The normalized spacial score (nSPS) is 13.7. The lowest BCUT2D eigenvalue weighted by atomic mass is 10.2. The fourth-order valence-corrected chi connectivity index (χ4v) is 7.96. The zero-order valence-corrected chi connectivity index (χ0v) is 16.3. The molecule has 0 aliphatic rings. The van der Waals surface area contributed by atoms with Crippen molar-refractivity contribution < 1.29 is 8.82 Å². The quantitative estimate of drug-likeness (QED) is 0.662. The van der Waals surface area contributed by atoms with Crippen LogP contribution >= 0.6 is 0 Å². The van der Waals surface area contributed by atoms with Crippen molar-refractivity contribution in [3.63, 3.8) is 0 Å². The van der Waals surface area contributed by atoms with Gasteiger partial charge in [0.05, 0.1) is 6.61 Å². The van der Waals surface area contributed by atoms with Gasteiger partial charge >= 0.3 is 0 Å². The van der Waals surface area contributed by atoms with E-state index in [9.17, 15) is 4.39 Å². The lowest BCUT2D eigenvalue weighted by Crippen LogP contribution is -2.67. The molecule has 2 aromatic rings. The van der Waals surface area contributed by atoms with E-state index in [0.717, 1.165) is 6.42 Å². The fraction of sp³-hybridized carbons (Fsp3) is 0.429. The van der Waals surface area contributed by atoms with Crippen LogP contribution in [0.3, 0.4) is 0 Å². The Morgan fingerprint density at radius 2 is 1.38 bits per heavy atom. The minimum absolute atomic E-state index is 0.0956. The van der Waals surface area contributed by atoms with E-state index in [1.807, 2.05) is 43.3 Å². The van der Waals surface area contributed by atoms with Crippen LogP contribution in [0.5, 0.6) is 0 Å². The Kier molecular flexibility index (Phi) is 6.36. The molecule has 0 fully saturated rings. The molecule has 0 bridgehead atoms. The number of hydrogen-bond acceptors (Lipinski definition) is 1. The van der Waals surface area contributed by atoms with E-state index >= 15 is 0 Å². The number of benzene rings is 2. The molecule has 0 heterocycles. The van der Waals surface area contributed by atoms with E-state index in [2.05, 4.69) is 45.0 Å². The van der Waals surface area contributed by atoms with Crippen LogP contribution in [0.1, 0.15) is 40.5 Å². The SMILES string of the molecule is CCCC(F)CO[Si](c1ccccc1)(c1ccccc1)C(C)(C)C. The van der Waals surface area contributed by atoms with Gasteiger partial charge in [0.15, 0.2) is 0 Å². The smallest absolute Gasteiger partial charge is 0.261 e. The predicted molar refractivity (Wildman–Crippen MR) is 103 cm³/mol. The molecule has 24 heavy (non-hydrogen) atoms. The monoisotopic (exact) mass is 344 g/mol. The first kappa shape index (κ1) is 18.9. The average Bonchev–Trinajstić information content (AvgIpc) is 2.56. The Morgan fingerprint density at radius 1 is 0.917 bits per heavy atom. The first-order valence-electron chi connectivity index (χ1n) is 8.81. The number of alkyl halides is 1. The van der Waals surface area contributed by atoms with Gasteiger partial charge in [0.1, 0.15) is 6.17 Å². The van der Waals surface area contributed by atoms with Crippen LogP contribution in [0.15, 0.2) is 60.7 Å². The van der Waals surface area contributed by atoms with Gasteiger partial charge in [0.2, 0.25) is 0 Å². The van der Waals surface area contributed by atoms with Gasteiger partial charge in [-0.15, -0.1) is 0 Å². The Balaban J connectivity index is 2.53. The van der Waals surface area contributed by atoms with Crippen LogP contribution in [0.25, 0.3) is 0 Å². The van der Waals surface area contributed by atoms with Crippen LogP contribution in [-0.4, -0.2) is 21.1 Å². The van der Waals surface area contributed by atoms with E-state index < -0.39 is 14.5 Å². The van der Waals surface area contributed by atoms with Crippen molar-refractivity contribution in [1.82, 2.24) is 0 Å². The van der Waals surface area contributed by atoms with Crippen molar-refractivity contribution in [3.05, 3.63) is 60.7 Å². The minimum atomic E-state index is -2.58. The third kappa shape index (κ3) is 3.96. The van der Waals surface area contributed by atoms with Gasteiger partial charge in [-0.1, -0.05) is 94.8 Å². The largest absolute Gasteiger partial charge is 0.404 e. The van der Waals surface area contributed by atoms with Crippen LogP contribution in [-0.2, 0) is 4.43 Å². The molecule has 130 valence electrons. The highest BCUT2D eigenvalue weighted by Crippen LogP contribution is 2.36. The zero-order valence-electron chi connectivity index (χ0n) is 15.3. The molecule has 0 saturated heterocycles. The summed E-state index contributed by atoms with van der Waals surface area (Å²) in [6.07, 6.45) is 0.486. The van der Waals surface area contributed by atoms with Crippen LogP contribution in [0, 0.1) is 0 Å². The predicted octanol–water partition coefficient (Wildman–Crippen LogP) is 4.70. The van der Waals surface area contributed by atoms with Gasteiger partial charge in [-0.3, -0.25) is 0 Å². The second kappa shape index (κ2) is 8.08. The first-order valence-corrected chi connectivity index (χ1v) is 10.7. The van der Waals surface area contributed by atoms with E-state index in [1.54, 1.807) is 0 Å². The lowest BCUT2D eigenvalue weighted by Gasteiger charge is -2.43. The lowest BCUT2D eigenvalue weighted by molar-refractivity contribution is 0.177. The zero-order chi connectivity index (χ0) is 17.6. The van der Waals surface area contributed by atoms with Crippen LogP contribution < -0.4 is 10.4 Å². The Labute approximate surface area is 147 Å². The molecule has 0 saturated carbocycles. The minimum Gasteiger partial charge on any atom is -0.404 e. The summed E-state index contributed by atoms with van der Waals surface area (Å²) in [4.78, 5) is 0. The Bertz CT molecular complexity index is 567. The summed E-state index contributed by atoms with van der Waals surface area (Å²) >= 11 is 0. The van der Waals surface area contributed by atoms with Crippen LogP contribution in [0.2, 0.25) is 5.04 Å². The molecule has 0 radical (unpaired) electrons.